The first-order chi connectivity index (χ1) is 8.89. The van der Waals surface area contributed by atoms with Crippen molar-refractivity contribution in [1.82, 2.24) is 5.32 Å². The lowest BCUT2D eigenvalue weighted by molar-refractivity contribution is 0.137. The summed E-state index contributed by atoms with van der Waals surface area (Å²) in [5.74, 6) is 2.54. The molecule has 0 aliphatic carbocycles. The summed E-state index contributed by atoms with van der Waals surface area (Å²) in [6.07, 6.45) is 1.01. The Morgan fingerprint density at radius 2 is 2.00 bits per heavy atom. The van der Waals surface area contributed by atoms with Crippen molar-refractivity contribution in [2.75, 3.05) is 6.54 Å². The molecule has 2 heteroatoms. The number of nitrogens with one attached hydrogen (secondary N) is 1. The van der Waals surface area contributed by atoms with Gasteiger partial charge in [0, 0.05) is 18.5 Å². The normalized spacial score (nSPS) is 18.2. The van der Waals surface area contributed by atoms with E-state index in [1.54, 1.807) is 0 Å². The number of ether oxygens (including phenoxy) is 1. The van der Waals surface area contributed by atoms with Crippen molar-refractivity contribution in [3.8, 4) is 5.75 Å². The highest BCUT2D eigenvalue weighted by atomic mass is 16.5. The van der Waals surface area contributed by atoms with Crippen LogP contribution in [-0.4, -0.2) is 12.1 Å². The van der Waals surface area contributed by atoms with Gasteiger partial charge < -0.3 is 10.1 Å². The van der Waals surface area contributed by atoms with Crippen LogP contribution in [0.25, 0.3) is 0 Å². The molecule has 0 amide bonds. The molecule has 0 saturated carbocycles. The summed E-state index contributed by atoms with van der Waals surface area (Å²) in [5, 5.41) is 3.56. The number of hydrogen-bond donors (Lipinski definition) is 1. The zero-order valence-electron chi connectivity index (χ0n) is 12.9. The molecular formula is C17H27NO. The van der Waals surface area contributed by atoms with E-state index in [1.807, 2.05) is 0 Å². The van der Waals surface area contributed by atoms with Crippen LogP contribution in [0.2, 0.25) is 0 Å². The topological polar surface area (TPSA) is 21.3 Å². The van der Waals surface area contributed by atoms with Gasteiger partial charge in [-0.25, -0.2) is 0 Å². The van der Waals surface area contributed by atoms with Gasteiger partial charge >= 0.3 is 0 Å². The molecule has 0 aromatic heterocycles. The molecule has 2 nitrogen and oxygen atoms in total. The lowest BCUT2D eigenvalue weighted by atomic mass is 9.98. The number of benzene rings is 1. The minimum atomic E-state index is -0.0519. The Kier molecular flexibility index (Phi) is 4.19. The van der Waals surface area contributed by atoms with E-state index >= 15 is 0 Å². The fourth-order valence-corrected chi connectivity index (χ4v) is 2.49. The Labute approximate surface area is 117 Å². The summed E-state index contributed by atoms with van der Waals surface area (Å²) in [4.78, 5) is 0. The highest BCUT2D eigenvalue weighted by Gasteiger charge is 2.31. The smallest absolute Gasteiger partial charge is 0.127 e. The highest BCUT2D eigenvalue weighted by Crippen LogP contribution is 2.37. The summed E-state index contributed by atoms with van der Waals surface area (Å²) in [7, 11) is 0. The maximum Gasteiger partial charge on any atom is 0.127 e. The van der Waals surface area contributed by atoms with Crippen molar-refractivity contribution < 1.29 is 4.74 Å². The standard InChI is InChI=1S/C17H27NO/c1-12(2)13(3)10-18-11-15-8-6-7-14-9-17(4,5)19-16(14)15/h6-8,12-13,18H,9-11H2,1-5H3. The summed E-state index contributed by atoms with van der Waals surface area (Å²) < 4.78 is 6.09. The number of para-hydroxylation sites is 1. The average molecular weight is 261 g/mol. The molecule has 0 saturated heterocycles. The van der Waals surface area contributed by atoms with E-state index in [0.717, 1.165) is 31.2 Å². The van der Waals surface area contributed by atoms with Crippen molar-refractivity contribution >= 4 is 0 Å². The van der Waals surface area contributed by atoms with E-state index < -0.39 is 0 Å². The Bertz CT molecular complexity index is 437. The third-order valence-corrected chi connectivity index (χ3v) is 4.09. The quantitative estimate of drug-likeness (QED) is 0.871. The molecule has 1 aliphatic heterocycles. The third-order valence-electron chi connectivity index (χ3n) is 4.09. The summed E-state index contributed by atoms with van der Waals surface area (Å²) in [5.41, 5.74) is 2.59. The van der Waals surface area contributed by atoms with Gasteiger partial charge in [0.2, 0.25) is 0 Å². The number of hydrogen-bond acceptors (Lipinski definition) is 2. The van der Waals surface area contributed by atoms with Gasteiger partial charge in [0.1, 0.15) is 11.4 Å². The average Bonchev–Trinajstić information content (AvgIpc) is 2.63. The molecule has 2 rings (SSSR count). The molecule has 1 aromatic rings. The predicted molar refractivity (Wildman–Crippen MR) is 80.6 cm³/mol. The molecule has 0 spiro atoms. The van der Waals surface area contributed by atoms with Gasteiger partial charge in [0.25, 0.3) is 0 Å². The molecule has 1 atom stereocenters. The van der Waals surface area contributed by atoms with Gasteiger partial charge in [0.15, 0.2) is 0 Å². The van der Waals surface area contributed by atoms with Crippen molar-refractivity contribution in [2.45, 2.75) is 53.2 Å². The zero-order chi connectivity index (χ0) is 14.0. The molecule has 1 aromatic carbocycles. The van der Waals surface area contributed by atoms with Gasteiger partial charge in [0.05, 0.1) is 0 Å². The van der Waals surface area contributed by atoms with E-state index in [9.17, 15) is 0 Å². The Hall–Kier alpha value is -1.02. The summed E-state index contributed by atoms with van der Waals surface area (Å²) in [6, 6.07) is 6.50. The van der Waals surface area contributed by atoms with E-state index in [2.05, 4.69) is 58.1 Å². The molecule has 1 heterocycles. The fourth-order valence-electron chi connectivity index (χ4n) is 2.49. The lowest BCUT2D eigenvalue weighted by Gasteiger charge is -2.19. The first kappa shape index (κ1) is 14.4. The zero-order valence-corrected chi connectivity index (χ0v) is 12.9. The first-order valence-corrected chi connectivity index (χ1v) is 7.39. The van der Waals surface area contributed by atoms with Gasteiger partial charge in [-0.05, 0) is 37.8 Å². The van der Waals surface area contributed by atoms with Crippen LogP contribution in [0, 0.1) is 11.8 Å². The first-order valence-electron chi connectivity index (χ1n) is 7.39. The number of rotatable bonds is 5. The van der Waals surface area contributed by atoms with Crippen molar-refractivity contribution in [3.05, 3.63) is 29.3 Å². The van der Waals surface area contributed by atoms with E-state index in [4.69, 9.17) is 4.74 Å². The second-order valence-corrected chi connectivity index (χ2v) is 6.80. The lowest BCUT2D eigenvalue weighted by Crippen LogP contribution is -2.26. The molecule has 106 valence electrons. The Balaban J connectivity index is 1.98. The molecule has 1 unspecified atom stereocenters. The minimum absolute atomic E-state index is 0.0519. The maximum atomic E-state index is 6.09. The van der Waals surface area contributed by atoms with Gasteiger partial charge in [-0.2, -0.15) is 0 Å². The molecule has 1 N–H and O–H groups in total. The van der Waals surface area contributed by atoms with E-state index in [0.29, 0.717) is 5.92 Å². The van der Waals surface area contributed by atoms with Crippen LogP contribution in [0.4, 0.5) is 0 Å². The van der Waals surface area contributed by atoms with E-state index in [1.165, 1.54) is 11.1 Å². The highest BCUT2D eigenvalue weighted by molar-refractivity contribution is 5.45. The van der Waals surface area contributed by atoms with Crippen LogP contribution in [0.15, 0.2) is 18.2 Å². The Morgan fingerprint density at radius 1 is 1.26 bits per heavy atom. The summed E-state index contributed by atoms with van der Waals surface area (Å²) in [6.45, 7) is 13.1. The molecular weight excluding hydrogens is 234 g/mol. The SMILES string of the molecule is CC(C)C(C)CNCc1cccc2c1OC(C)(C)C2. The van der Waals surface area contributed by atoms with Crippen molar-refractivity contribution in [1.29, 1.82) is 0 Å². The second kappa shape index (κ2) is 5.54. The van der Waals surface area contributed by atoms with Gasteiger partial charge in [-0.1, -0.05) is 39.0 Å². The van der Waals surface area contributed by atoms with Crippen molar-refractivity contribution in [3.63, 3.8) is 0 Å². The van der Waals surface area contributed by atoms with Gasteiger partial charge in [-0.15, -0.1) is 0 Å². The molecule has 1 aliphatic rings. The molecule has 0 fully saturated rings. The monoisotopic (exact) mass is 261 g/mol. The van der Waals surface area contributed by atoms with Crippen LogP contribution < -0.4 is 10.1 Å². The van der Waals surface area contributed by atoms with Crippen LogP contribution >= 0.6 is 0 Å². The number of fused-ring (bicyclic) bond motifs is 1. The van der Waals surface area contributed by atoms with E-state index in [-0.39, 0.29) is 5.60 Å². The van der Waals surface area contributed by atoms with Gasteiger partial charge in [-0.3, -0.25) is 0 Å². The molecule has 0 bridgehead atoms. The predicted octanol–water partition coefficient (Wildman–Crippen LogP) is 3.78. The van der Waals surface area contributed by atoms with Crippen LogP contribution in [0.1, 0.15) is 45.7 Å². The largest absolute Gasteiger partial charge is 0.487 e. The summed E-state index contributed by atoms with van der Waals surface area (Å²) >= 11 is 0. The van der Waals surface area contributed by atoms with Crippen LogP contribution in [0.3, 0.4) is 0 Å². The third kappa shape index (κ3) is 3.50. The molecule has 0 radical (unpaired) electrons. The maximum absolute atomic E-state index is 6.09. The fraction of sp³-hybridized carbons (Fsp3) is 0.647. The van der Waals surface area contributed by atoms with Crippen LogP contribution in [0.5, 0.6) is 5.75 Å². The molecule has 19 heavy (non-hydrogen) atoms. The second-order valence-electron chi connectivity index (χ2n) is 6.80. The minimum Gasteiger partial charge on any atom is -0.487 e. The van der Waals surface area contributed by atoms with Crippen molar-refractivity contribution in [2.24, 2.45) is 11.8 Å². The Morgan fingerprint density at radius 3 is 2.68 bits per heavy atom. The van der Waals surface area contributed by atoms with Crippen LogP contribution in [-0.2, 0) is 13.0 Å².